The summed E-state index contributed by atoms with van der Waals surface area (Å²) in [5.41, 5.74) is 2.00. The van der Waals surface area contributed by atoms with Gasteiger partial charge in [-0.2, -0.15) is 0 Å². The van der Waals surface area contributed by atoms with E-state index in [4.69, 9.17) is 4.74 Å². The van der Waals surface area contributed by atoms with Crippen LogP contribution in [0.4, 0.5) is 0 Å². The number of likely N-dealkylation sites (tertiary alicyclic amines) is 2. The molecule has 5 rings (SSSR count). The van der Waals surface area contributed by atoms with Crippen LogP contribution in [0.2, 0.25) is 0 Å². The van der Waals surface area contributed by atoms with Gasteiger partial charge in [0.25, 0.3) is 5.56 Å². The van der Waals surface area contributed by atoms with Gasteiger partial charge < -0.3 is 19.1 Å². The highest BCUT2D eigenvalue weighted by Gasteiger charge is 2.46. The first kappa shape index (κ1) is 19.8. The minimum absolute atomic E-state index is 0.00623. The van der Waals surface area contributed by atoms with Crippen molar-refractivity contribution in [3.63, 3.8) is 0 Å². The van der Waals surface area contributed by atoms with Crippen LogP contribution in [0.15, 0.2) is 47.3 Å². The number of carbonyl (C=O) groups is 2. The van der Waals surface area contributed by atoms with Crippen LogP contribution < -0.4 is 10.3 Å². The summed E-state index contributed by atoms with van der Waals surface area (Å²) in [6, 6.07) is 12.7. The van der Waals surface area contributed by atoms with Crippen molar-refractivity contribution in [3.8, 4) is 5.75 Å². The predicted octanol–water partition coefficient (Wildman–Crippen LogP) is 2.02. The molecule has 2 aromatic rings. The van der Waals surface area contributed by atoms with E-state index in [1.165, 1.54) is 0 Å². The second-order valence-electron chi connectivity index (χ2n) is 8.97. The van der Waals surface area contributed by atoms with E-state index < -0.39 is 5.92 Å². The monoisotopic (exact) mass is 421 g/mol. The van der Waals surface area contributed by atoms with Gasteiger partial charge in [0.15, 0.2) is 0 Å². The molecule has 7 heteroatoms. The highest BCUT2D eigenvalue weighted by Crippen LogP contribution is 2.41. The average Bonchev–Trinajstić information content (AvgIpc) is 3.08. The standard InChI is InChI=1S/C24H27N3O4/c1-25-22(29)11-19(23(25)16-6-8-18(31-2)9-7-16)24(30)26-12-15-10-17(14-26)20-4-3-5-21(28)27(20)13-15/h3-9,15,17,19,23H,10-14H2,1-2H3/t15-,17+,19+,23-/m0/s1. The highest BCUT2D eigenvalue weighted by molar-refractivity contribution is 5.90. The van der Waals surface area contributed by atoms with Gasteiger partial charge in [-0.3, -0.25) is 14.4 Å². The second-order valence-corrected chi connectivity index (χ2v) is 8.97. The molecule has 3 aliphatic heterocycles. The SMILES string of the molecule is COc1ccc([C@H]2[C@H](C(=O)N3C[C@@H]4C[C@H](C3)c3cccc(=O)n3C4)CC(=O)N2C)cc1. The van der Waals surface area contributed by atoms with Crippen LogP contribution in [0.3, 0.4) is 0 Å². The molecule has 4 atom stereocenters. The van der Waals surface area contributed by atoms with E-state index in [1.54, 1.807) is 31.2 Å². The largest absolute Gasteiger partial charge is 0.497 e. The number of hydrogen-bond acceptors (Lipinski definition) is 4. The fraction of sp³-hybridized carbons (Fsp3) is 0.458. The molecule has 0 spiro atoms. The second kappa shape index (κ2) is 7.55. The summed E-state index contributed by atoms with van der Waals surface area (Å²) in [6.45, 7) is 1.89. The molecule has 2 bridgehead atoms. The van der Waals surface area contributed by atoms with E-state index in [0.29, 0.717) is 19.6 Å². The van der Waals surface area contributed by atoms with Crippen molar-refractivity contribution in [3.05, 3.63) is 64.1 Å². The van der Waals surface area contributed by atoms with Gasteiger partial charge in [-0.15, -0.1) is 0 Å². The maximum Gasteiger partial charge on any atom is 0.250 e. The summed E-state index contributed by atoms with van der Waals surface area (Å²) in [5.74, 6) is 0.816. The summed E-state index contributed by atoms with van der Waals surface area (Å²) < 4.78 is 7.12. The Bertz CT molecular complexity index is 1080. The number of rotatable bonds is 3. The normalized spacial score (nSPS) is 27.2. The third-order valence-corrected chi connectivity index (χ3v) is 7.15. The number of carbonyl (C=O) groups excluding carboxylic acids is 2. The summed E-state index contributed by atoms with van der Waals surface area (Å²) in [6.07, 6.45) is 1.23. The number of amides is 2. The van der Waals surface area contributed by atoms with Crippen molar-refractivity contribution in [2.24, 2.45) is 11.8 Å². The first-order valence-electron chi connectivity index (χ1n) is 10.8. The number of hydrogen-bond donors (Lipinski definition) is 0. The maximum absolute atomic E-state index is 13.7. The number of fused-ring (bicyclic) bond motifs is 4. The lowest BCUT2D eigenvalue weighted by molar-refractivity contribution is -0.139. The first-order valence-corrected chi connectivity index (χ1v) is 10.8. The lowest BCUT2D eigenvalue weighted by Gasteiger charge is -2.43. The lowest BCUT2D eigenvalue weighted by Crippen LogP contribution is -2.51. The average molecular weight is 421 g/mol. The fourth-order valence-corrected chi connectivity index (χ4v) is 5.66. The van der Waals surface area contributed by atoms with Crippen LogP contribution >= 0.6 is 0 Å². The van der Waals surface area contributed by atoms with E-state index in [1.807, 2.05) is 39.8 Å². The summed E-state index contributed by atoms with van der Waals surface area (Å²) >= 11 is 0. The number of nitrogens with zero attached hydrogens (tertiary/aromatic N) is 3. The van der Waals surface area contributed by atoms with Crippen LogP contribution in [0.25, 0.3) is 0 Å². The molecular formula is C24H27N3O4. The molecule has 0 aliphatic carbocycles. The maximum atomic E-state index is 13.7. The molecule has 1 aromatic carbocycles. The zero-order valence-corrected chi connectivity index (χ0v) is 17.9. The van der Waals surface area contributed by atoms with Crippen LogP contribution in [0.1, 0.15) is 36.1 Å². The highest BCUT2D eigenvalue weighted by atomic mass is 16.5. The van der Waals surface area contributed by atoms with E-state index in [9.17, 15) is 14.4 Å². The Hall–Kier alpha value is -3.09. The number of methoxy groups -OCH3 is 1. The molecule has 0 radical (unpaired) electrons. The zero-order chi connectivity index (χ0) is 21.7. The van der Waals surface area contributed by atoms with E-state index in [0.717, 1.165) is 23.4 Å². The molecule has 7 nitrogen and oxygen atoms in total. The number of ether oxygens (including phenoxy) is 1. The third kappa shape index (κ3) is 3.32. The zero-order valence-electron chi connectivity index (χ0n) is 17.9. The van der Waals surface area contributed by atoms with Gasteiger partial charge in [-0.1, -0.05) is 18.2 Å². The topological polar surface area (TPSA) is 71.8 Å². The van der Waals surface area contributed by atoms with Gasteiger partial charge >= 0.3 is 0 Å². The molecule has 2 amide bonds. The third-order valence-electron chi connectivity index (χ3n) is 7.15. The number of pyridine rings is 1. The van der Waals surface area contributed by atoms with Crippen molar-refractivity contribution < 1.29 is 14.3 Å². The Morgan fingerprint density at radius 2 is 1.81 bits per heavy atom. The van der Waals surface area contributed by atoms with Gasteiger partial charge in [0, 0.05) is 50.8 Å². The molecule has 1 aromatic heterocycles. The predicted molar refractivity (Wildman–Crippen MR) is 115 cm³/mol. The number of aromatic nitrogens is 1. The smallest absolute Gasteiger partial charge is 0.250 e. The van der Waals surface area contributed by atoms with Gasteiger partial charge in [0.05, 0.1) is 19.1 Å². The summed E-state index contributed by atoms with van der Waals surface area (Å²) in [7, 11) is 3.39. The lowest BCUT2D eigenvalue weighted by atomic mass is 9.82. The minimum Gasteiger partial charge on any atom is -0.497 e. The van der Waals surface area contributed by atoms with Crippen LogP contribution in [0.5, 0.6) is 5.75 Å². The molecule has 2 fully saturated rings. The Kier molecular flexibility index (Phi) is 4.84. The molecule has 3 aliphatic rings. The Balaban J connectivity index is 1.41. The molecule has 4 heterocycles. The van der Waals surface area contributed by atoms with Crippen molar-refractivity contribution >= 4 is 11.8 Å². The van der Waals surface area contributed by atoms with Crippen molar-refractivity contribution in [1.29, 1.82) is 0 Å². The molecule has 31 heavy (non-hydrogen) atoms. The van der Waals surface area contributed by atoms with E-state index >= 15 is 0 Å². The summed E-state index contributed by atoms with van der Waals surface area (Å²) in [4.78, 5) is 42.1. The van der Waals surface area contributed by atoms with Gasteiger partial charge in [0.2, 0.25) is 11.8 Å². The van der Waals surface area contributed by atoms with Gasteiger partial charge in [-0.05, 0) is 36.1 Å². The quantitative estimate of drug-likeness (QED) is 0.760. The summed E-state index contributed by atoms with van der Waals surface area (Å²) in [5, 5.41) is 0. The number of piperidine rings is 1. The Labute approximate surface area is 181 Å². The molecule has 2 saturated heterocycles. The van der Waals surface area contributed by atoms with Crippen LogP contribution in [-0.2, 0) is 16.1 Å². The molecular weight excluding hydrogens is 394 g/mol. The van der Waals surface area contributed by atoms with Crippen molar-refractivity contribution in [1.82, 2.24) is 14.4 Å². The molecule has 0 unspecified atom stereocenters. The Morgan fingerprint density at radius 3 is 2.55 bits per heavy atom. The Morgan fingerprint density at radius 1 is 1.03 bits per heavy atom. The van der Waals surface area contributed by atoms with Crippen LogP contribution in [0, 0.1) is 11.8 Å². The minimum atomic E-state index is -0.400. The van der Waals surface area contributed by atoms with Crippen molar-refractivity contribution in [2.75, 3.05) is 27.2 Å². The van der Waals surface area contributed by atoms with E-state index in [2.05, 4.69) is 0 Å². The number of benzene rings is 1. The first-order chi connectivity index (χ1) is 15.0. The fourth-order valence-electron chi connectivity index (χ4n) is 5.66. The van der Waals surface area contributed by atoms with Crippen molar-refractivity contribution in [2.45, 2.75) is 31.3 Å². The molecule has 0 saturated carbocycles. The van der Waals surface area contributed by atoms with Gasteiger partial charge in [0.1, 0.15) is 5.75 Å². The van der Waals surface area contributed by atoms with Gasteiger partial charge in [-0.25, -0.2) is 0 Å². The molecule has 0 N–H and O–H groups in total. The molecule has 162 valence electrons. The van der Waals surface area contributed by atoms with E-state index in [-0.39, 0.29) is 41.7 Å². The van der Waals surface area contributed by atoms with Crippen LogP contribution in [-0.4, -0.2) is 53.4 Å².